The highest BCUT2D eigenvalue weighted by molar-refractivity contribution is 6.16. The van der Waals surface area contributed by atoms with Crippen LogP contribution < -0.4 is 5.32 Å². The number of carboxylic acid groups (broad SMARTS) is 1. The molecule has 23 heavy (non-hydrogen) atoms. The van der Waals surface area contributed by atoms with Crippen molar-refractivity contribution in [3.63, 3.8) is 0 Å². The predicted octanol–water partition coefficient (Wildman–Crippen LogP) is 2.98. The molecule has 1 amide bonds. The molecule has 0 saturated heterocycles. The maximum atomic E-state index is 12.7. The van der Waals surface area contributed by atoms with E-state index in [1.54, 1.807) is 6.92 Å². The number of hydrogen-bond acceptors (Lipinski definition) is 3. The molecule has 3 rings (SSSR count). The van der Waals surface area contributed by atoms with Gasteiger partial charge in [-0.05, 0) is 18.6 Å². The van der Waals surface area contributed by atoms with Gasteiger partial charge in [0.15, 0.2) is 0 Å². The Balaban J connectivity index is 2.20. The van der Waals surface area contributed by atoms with Crippen molar-refractivity contribution in [2.24, 2.45) is 0 Å². The predicted molar refractivity (Wildman–Crippen MR) is 88.4 cm³/mol. The summed E-state index contributed by atoms with van der Waals surface area (Å²) >= 11 is 0. The molecule has 0 aliphatic carbocycles. The first-order chi connectivity index (χ1) is 11.1. The number of para-hydroxylation sites is 2. The SMILES string of the molecule is CC[C@H](NC(=O)c1c2ccccc2nc2ccccc12)C(=O)O. The second-order valence-corrected chi connectivity index (χ2v) is 5.29. The fourth-order valence-electron chi connectivity index (χ4n) is 2.65. The van der Waals surface area contributed by atoms with Gasteiger partial charge in [-0.1, -0.05) is 43.3 Å². The lowest BCUT2D eigenvalue weighted by Crippen LogP contribution is -2.40. The molecule has 2 N–H and O–H groups in total. The standard InChI is InChI=1S/C18H16N2O3/c1-2-13(18(22)23)20-17(21)16-11-7-3-5-9-14(11)19-15-10-6-4-8-12(15)16/h3-10,13H,2H2,1H3,(H,20,21)(H,22,23)/t13-/m0/s1. The molecule has 0 aliphatic heterocycles. The summed E-state index contributed by atoms with van der Waals surface area (Å²) in [6.45, 7) is 1.72. The van der Waals surface area contributed by atoms with Gasteiger partial charge in [0.05, 0.1) is 16.6 Å². The van der Waals surface area contributed by atoms with E-state index in [-0.39, 0.29) is 0 Å². The number of benzene rings is 2. The molecule has 0 radical (unpaired) electrons. The molecule has 0 unspecified atom stereocenters. The lowest BCUT2D eigenvalue weighted by atomic mass is 10.0. The second kappa shape index (κ2) is 6.04. The van der Waals surface area contributed by atoms with Gasteiger partial charge in [0.1, 0.15) is 6.04 Å². The Kier molecular flexibility index (Phi) is 3.93. The van der Waals surface area contributed by atoms with E-state index in [4.69, 9.17) is 5.11 Å². The van der Waals surface area contributed by atoms with E-state index in [9.17, 15) is 9.59 Å². The van der Waals surface area contributed by atoms with Crippen molar-refractivity contribution in [3.05, 3.63) is 54.1 Å². The molecular formula is C18H16N2O3. The first-order valence-corrected chi connectivity index (χ1v) is 7.43. The number of hydrogen-bond donors (Lipinski definition) is 2. The van der Waals surface area contributed by atoms with Crippen molar-refractivity contribution in [3.8, 4) is 0 Å². The monoisotopic (exact) mass is 308 g/mol. The third-order valence-electron chi connectivity index (χ3n) is 3.83. The highest BCUT2D eigenvalue weighted by Crippen LogP contribution is 2.25. The van der Waals surface area contributed by atoms with Crippen molar-refractivity contribution < 1.29 is 14.7 Å². The molecule has 116 valence electrons. The Bertz CT molecular complexity index is 851. The van der Waals surface area contributed by atoms with Crippen molar-refractivity contribution >= 4 is 33.7 Å². The van der Waals surface area contributed by atoms with E-state index in [0.717, 1.165) is 0 Å². The number of aliphatic carboxylic acids is 1. The van der Waals surface area contributed by atoms with Crippen LogP contribution in [0.1, 0.15) is 23.7 Å². The zero-order valence-electron chi connectivity index (χ0n) is 12.6. The van der Waals surface area contributed by atoms with E-state index in [2.05, 4.69) is 10.3 Å². The molecular weight excluding hydrogens is 292 g/mol. The summed E-state index contributed by atoms with van der Waals surface area (Å²) in [5.74, 6) is -1.43. The number of pyridine rings is 1. The van der Waals surface area contributed by atoms with E-state index < -0.39 is 17.9 Å². The quantitative estimate of drug-likeness (QED) is 0.726. The number of carboxylic acids is 1. The van der Waals surface area contributed by atoms with Gasteiger partial charge < -0.3 is 10.4 Å². The number of carbonyl (C=O) groups is 2. The van der Waals surface area contributed by atoms with Crippen LogP contribution in [-0.2, 0) is 4.79 Å². The van der Waals surface area contributed by atoms with Crippen molar-refractivity contribution in [2.75, 3.05) is 0 Å². The van der Waals surface area contributed by atoms with Crippen LogP contribution in [0.5, 0.6) is 0 Å². The molecule has 2 aromatic carbocycles. The number of rotatable bonds is 4. The third kappa shape index (κ3) is 2.73. The third-order valence-corrected chi connectivity index (χ3v) is 3.83. The van der Waals surface area contributed by atoms with Crippen molar-refractivity contribution in [1.82, 2.24) is 10.3 Å². The average Bonchev–Trinajstić information content (AvgIpc) is 2.56. The largest absolute Gasteiger partial charge is 0.480 e. The summed E-state index contributed by atoms with van der Waals surface area (Å²) in [4.78, 5) is 28.5. The topological polar surface area (TPSA) is 79.3 Å². The van der Waals surface area contributed by atoms with Gasteiger partial charge >= 0.3 is 5.97 Å². The summed E-state index contributed by atoms with van der Waals surface area (Å²) in [6, 6.07) is 13.8. The summed E-state index contributed by atoms with van der Waals surface area (Å²) in [5, 5.41) is 13.2. The minimum absolute atomic E-state index is 0.321. The Hall–Kier alpha value is -2.95. The van der Waals surface area contributed by atoms with Crippen LogP contribution in [0, 0.1) is 0 Å². The Morgan fingerprint density at radius 3 is 2.04 bits per heavy atom. The van der Waals surface area contributed by atoms with Gasteiger partial charge in [-0.2, -0.15) is 0 Å². The van der Waals surface area contributed by atoms with Crippen LogP contribution in [0.4, 0.5) is 0 Å². The molecule has 1 atom stereocenters. The van der Waals surface area contributed by atoms with Gasteiger partial charge in [0, 0.05) is 10.8 Å². The minimum Gasteiger partial charge on any atom is -0.480 e. The Labute approximate surface area is 133 Å². The first kappa shape index (κ1) is 15.0. The molecule has 1 heterocycles. The molecule has 3 aromatic rings. The van der Waals surface area contributed by atoms with E-state index in [0.29, 0.717) is 33.8 Å². The highest BCUT2D eigenvalue weighted by Gasteiger charge is 2.21. The van der Waals surface area contributed by atoms with E-state index in [1.807, 2.05) is 48.5 Å². The number of amides is 1. The lowest BCUT2D eigenvalue weighted by molar-refractivity contribution is -0.139. The van der Waals surface area contributed by atoms with E-state index >= 15 is 0 Å². The molecule has 0 aliphatic rings. The van der Waals surface area contributed by atoms with Crippen LogP contribution in [0.2, 0.25) is 0 Å². The van der Waals surface area contributed by atoms with Crippen molar-refractivity contribution in [1.29, 1.82) is 0 Å². The summed E-state index contributed by atoms with van der Waals surface area (Å²) in [7, 11) is 0. The summed E-state index contributed by atoms with van der Waals surface area (Å²) in [5.41, 5.74) is 1.88. The zero-order valence-corrected chi connectivity index (χ0v) is 12.6. The Morgan fingerprint density at radius 2 is 1.57 bits per heavy atom. The fraction of sp³-hybridized carbons (Fsp3) is 0.167. The van der Waals surface area contributed by atoms with Gasteiger partial charge in [0.2, 0.25) is 0 Å². The van der Waals surface area contributed by atoms with Crippen LogP contribution >= 0.6 is 0 Å². The molecule has 5 heteroatoms. The maximum absolute atomic E-state index is 12.7. The number of nitrogens with one attached hydrogen (secondary N) is 1. The number of fused-ring (bicyclic) bond motifs is 2. The van der Waals surface area contributed by atoms with Gasteiger partial charge in [-0.3, -0.25) is 4.79 Å². The molecule has 0 bridgehead atoms. The minimum atomic E-state index is -1.04. The number of nitrogens with zero attached hydrogens (tertiary/aromatic N) is 1. The first-order valence-electron chi connectivity index (χ1n) is 7.43. The summed E-state index contributed by atoms with van der Waals surface area (Å²) < 4.78 is 0. The van der Waals surface area contributed by atoms with Crippen LogP contribution in [-0.4, -0.2) is 28.0 Å². The molecule has 1 aromatic heterocycles. The van der Waals surface area contributed by atoms with Crippen molar-refractivity contribution in [2.45, 2.75) is 19.4 Å². The molecule has 0 saturated carbocycles. The normalized spacial score (nSPS) is 12.2. The van der Waals surface area contributed by atoms with Gasteiger partial charge in [0.25, 0.3) is 5.91 Å². The van der Waals surface area contributed by atoms with E-state index in [1.165, 1.54) is 0 Å². The van der Waals surface area contributed by atoms with Gasteiger partial charge in [-0.15, -0.1) is 0 Å². The highest BCUT2D eigenvalue weighted by atomic mass is 16.4. The van der Waals surface area contributed by atoms with Crippen LogP contribution in [0.15, 0.2) is 48.5 Å². The molecule has 0 spiro atoms. The molecule has 0 fully saturated rings. The number of carbonyl (C=O) groups excluding carboxylic acids is 1. The zero-order chi connectivity index (χ0) is 16.4. The fourth-order valence-corrected chi connectivity index (χ4v) is 2.65. The molecule has 5 nitrogen and oxygen atoms in total. The second-order valence-electron chi connectivity index (χ2n) is 5.29. The Morgan fingerprint density at radius 1 is 1.04 bits per heavy atom. The van der Waals surface area contributed by atoms with Crippen LogP contribution in [0.25, 0.3) is 21.8 Å². The van der Waals surface area contributed by atoms with Gasteiger partial charge in [-0.25, -0.2) is 9.78 Å². The lowest BCUT2D eigenvalue weighted by Gasteiger charge is -2.15. The maximum Gasteiger partial charge on any atom is 0.326 e. The summed E-state index contributed by atoms with van der Waals surface area (Å²) in [6.07, 6.45) is 0.321. The smallest absolute Gasteiger partial charge is 0.326 e. The average molecular weight is 308 g/mol. The van der Waals surface area contributed by atoms with Crippen LogP contribution in [0.3, 0.4) is 0 Å². The number of aromatic nitrogens is 1.